The van der Waals surface area contributed by atoms with Gasteiger partial charge in [0, 0.05) is 23.5 Å². The van der Waals surface area contributed by atoms with Crippen molar-refractivity contribution in [1.29, 1.82) is 0 Å². The second-order valence-electron chi connectivity index (χ2n) is 4.88. The molecule has 0 aliphatic heterocycles. The Balaban J connectivity index is 2.06. The van der Waals surface area contributed by atoms with Gasteiger partial charge in [-0.3, -0.25) is 4.90 Å². The van der Waals surface area contributed by atoms with Gasteiger partial charge < -0.3 is 10.9 Å². The first-order valence-corrected chi connectivity index (χ1v) is 7.26. The number of hydrogen-bond acceptors (Lipinski definition) is 4. The van der Waals surface area contributed by atoms with E-state index in [4.69, 9.17) is 10.9 Å². The molecule has 0 aliphatic carbocycles. The van der Waals surface area contributed by atoms with Crippen LogP contribution in [0.2, 0.25) is 0 Å². The fourth-order valence-corrected chi connectivity index (χ4v) is 2.89. The van der Waals surface area contributed by atoms with Crippen molar-refractivity contribution in [2.75, 3.05) is 7.05 Å². The molecule has 0 aliphatic rings. The Morgan fingerprint density at radius 1 is 1.35 bits per heavy atom. The SMILES string of the molecule is Cc1cc(/C(N)=N/O)ccc1CN(C)Cc1cccs1. The number of benzene rings is 1. The van der Waals surface area contributed by atoms with Gasteiger partial charge in [0.25, 0.3) is 0 Å². The van der Waals surface area contributed by atoms with Crippen molar-refractivity contribution in [2.45, 2.75) is 20.0 Å². The van der Waals surface area contributed by atoms with Crippen molar-refractivity contribution in [1.82, 2.24) is 4.90 Å². The van der Waals surface area contributed by atoms with E-state index < -0.39 is 0 Å². The smallest absolute Gasteiger partial charge is 0.170 e. The molecule has 5 heteroatoms. The lowest BCUT2D eigenvalue weighted by molar-refractivity contribution is 0.318. The Morgan fingerprint density at radius 3 is 2.75 bits per heavy atom. The molecule has 20 heavy (non-hydrogen) atoms. The lowest BCUT2D eigenvalue weighted by Crippen LogP contribution is -2.18. The summed E-state index contributed by atoms with van der Waals surface area (Å²) in [6, 6.07) is 10.1. The summed E-state index contributed by atoms with van der Waals surface area (Å²) < 4.78 is 0. The summed E-state index contributed by atoms with van der Waals surface area (Å²) in [6.45, 7) is 3.86. The molecule has 0 unspecified atom stereocenters. The van der Waals surface area contributed by atoms with Crippen molar-refractivity contribution >= 4 is 17.2 Å². The summed E-state index contributed by atoms with van der Waals surface area (Å²) in [5.41, 5.74) is 8.73. The third kappa shape index (κ3) is 3.59. The van der Waals surface area contributed by atoms with Crippen LogP contribution in [0.5, 0.6) is 0 Å². The van der Waals surface area contributed by atoms with E-state index in [0.717, 1.165) is 24.2 Å². The Bertz CT molecular complexity index is 593. The largest absolute Gasteiger partial charge is 0.409 e. The highest BCUT2D eigenvalue weighted by Crippen LogP contribution is 2.16. The molecule has 0 bridgehead atoms. The number of nitrogens with two attached hydrogens (primary N) is 1. The lowest BCUT2D eigenvalue weighted by atomic mass is 10.0. The minimum Gasteiger partial charge on any atom is -0.409 e. The molecule has 0 saturated carbocycles. The van der Waals surface area contributed by atoms with Crippen molar-refractivity contribution < 1.29 is 5.21 Å². The van der Waals surface area contributed by atoms with Gasteiger partial charge in [-0.05, 0) is 42.6 Å². The van der Waals surface area contributed by atoms with Gasteiger partial charge in [0.15, 0.2) is 5.84 Å². The fraction of sp³-hybridized carbons (Fsp3) is 0.267. The molecule has 1 heterocycles. The second-order valence-corrected chi connectivity index (χ2v) is 5.91. The first-order chi connectivity index (χ1) is 9.60. The van der Waals surface area contributed by atoms with Gasteiger partial charge in [-0.1, -0.05) is 23.4 Å². The molecule has 0 amide bonds. The zero-order valence-corrected chi connectivity index (χ0v) is 12.5. The van der Waals surface area contributed by atoms with E-state index in [1.807, 2.05) is 25.1 Å². The molecule has 0 spiro atoms. The van der Waals surface area contributed by atoms with Crippen molar-refractivity contribution in [3.05, 3.63) is 57.3 Å². The summed E-state index contributed by atoms with van der Waals surface area (Å²) in [4.78, 5) is 3.63. The number of nitrogens with zero attached hydrogens (tertiary/aromatic N) is 2. The lowest BCUT2D eigenvalue weighted by Gasteiger charge is -2.17. The molecule has 0 saturated heterocycles. The molecule has 0 fully saturated rings. The standard InChI is InChI=1S/C15H19N3OS/c1-11-8-12(15(16)17-19)5-6-13(11)9-18(2)10-14-4-3-7-20-14/h3-8,19H,9-10H2,1-2H3,(H2,16,17). The Hall–Kier alpha value is -1.85. The first kappa shape index (κ1) is 14.6. The number of oxime groups is 1. The quantitative estimate of drug-likeness (QED) is 0.385. The van der Waals surface area contributed by atoms with Crippen LogP contribution in [0, 0.1) is 6.92 Å². The zero-order chi connectivity index (χ0) is 14.5. The van der Waals surface area contributed by atoms with Gasteiger partial charge in [-0.25, -0.2) is 0 Å². The number of rotatable bonds is 5. The molecule has 1 aromatic heterocycles. The van der Waals surface area contributed by atoms with Gasteiger partial charge in [0.2, 0.25) is 0 Å². The summed E-state index contributed by atoms with van der Waals surface area (Å²) in [6.07, 6.45) is 0. The molecule has 106 valence electrons. The van der Waals surface area contributed by atoms with Crippen LogP contribution in [0.3, 0.4) is 0 Å². The van der Waals surface area contributed by atoms with E-state index in [0.29, 0.717) is 0 Å². The van der Waals surface area contributed by atoms with Gasteiger partial charge in [-0.2, -0.15) is 0 Å². The van der Waals surface area contributed by atoms with Crippen LogP contribution in [-0.2, 0) is 13.1 Å². The van der Waals surface area contributed by atoms with Crippen LogP contribution in [0.4, 0.5) is 0 Å². The topological polar surface area (TPSA) is 61.9 Å². The molecule has 1 aromatic carbocycles. The summed E-state index contributed by atoms with van der Waals surface area (Å²) >= 11 is 1.77. The monoisotopic (exact) mass is 289 g/mol. The minimum absolute atomic E-state index is 0.145. The molecular formula is C15H19N3OS. The molecular weight excluding hydrogens is 270 g/mol. The van der Waals surface area contributed by atoms with Gasteiger partial charge in [0.05, 0.1) is 0 Å². The summed E-state index contributed by atoms with van der Waals surface area (Å²) in [5.74, 6) is 0.145. The van der Waals surface area contributed by atoms with Crippen LogP contribution in [0.1, 0.15) is 21.6 Å². The maximum atomic E-state index is 8.69. The highest BCUT2D eigenvalue weighted by Gasteiger charge is 2.07. The molecule has 4 nitrogen and oxygen atoms in total. The number of amidine groups is 1. The predicted octanol–water partition coefficient (Wildman–Crippen LogP) is 2.78. The van der Waals surface area contributed by atoms with E-state index in [1.165, 1.54) is 10.4 Å². The average molecular weight is 289 g/mol. The van der Waals surface area contributed by atoms with Crippen LogP contribution in [0.15, 0.2) is 40.9 Å². The molecule has 2 rings (SSSR count). The summed E-state index contributed by atoms with van der Waals surface area (Å²) in [5, 5.41) is 13.8. The Kier molecular flexibility index (Phi) is 4.76. The maximum Gasteiger partial charge on any atom is 0.170 e. The molecule has 3 N–H and O–H groups in total. The third-order valence-electron chi connectivity index (χ3n) is 3.19. The average Bonchev–Trinajstić information content (AvgIpc) is 2.93. The molecule has 0 atom stereocenters. The van der Waals surface area contributed by atoms with Gasteiger partial charge in [0.1, 0.15) is 0 Å². The van der Waals surface area contributed by atoms with E-state index in [-0.39, 0.29) is 5.84 Å². The Morgan fingerprint density at radius 2 is 2.15 bits per heavy atom. The zero-order valence-electron chi connectivity index (χ0n) is 11.7. The second kappa shape index (κ2) is 6.54. The van der Waals surface area contributed by atoms with Crippen molar-refractivity contribution in [3.8, 4) is 0 Å². The number of aryl methyl sites for hydroxylation is 1. The van der Waals surface area contributed by atoms with Crippen molar-refractivity contribution in [3.63, 3.8) is 0 Å². The fourth-order valence-electron chi connectivity index (χ4n) is 2.11. The van der Waals surface area contributed by atoms with E-state index in [2.05, 4.69) is 34.6 Å². The number of thiophene rings is 1. The van der Waals surface area contributed by atoms with Crippen LogP contribution >= 0.6 is 11.3 Å². The third-order valence-corrected chi connectivity index (χ3v) is 4.05. The summed E-state index contributed by atoms with van der Waals surface area (Å²) in [7, 11) is 2.11. The molecule has 0 radical (unpaired) electrons. The number of hydrogen-bond donors (Lipinski definition) is 2. The molecule has 2 aromatic rings. The highest BCUT2D eigenvalue weighted by molar-refractivity contribution is 7.09. The predicted molar refractivity (Wildman–Crippen MR) is 83.2 cm³/mol. The first-order valence-electron chi connectivity index (χ1n) is 6.38. The van der Waals surface area contributed by atoms with Crippen LogP contribution in [0.25, 0.3) is 0 Å². The van der Waals surface area contributed by atoms with Gasteiger partial charge in [-0.15, -0.1) is 11.3 Å². The van der Waals surface area contributed by atoms with Crippen LogP contribution in [-0.4, -0.2) is 23.0 Å². The maximum absolute atomic E-state index is 8.69. The van der Waals surface area contributed by atoms with E-state index in [1.54, 1.807) is 11.3 Å². The van der Waals surface area contributed by atoms with E-state index >= 15 is 0 Å². The minimum atomic E-state index is 0.145. The Labute approximate surface area is 123 Å². The van der Waals surface area contributed by atoms with Crippen LogP contribution < -0.4 is 5.73 Å². The van der Waals surface area contributed by atoms with Gasteiger partial charge >= 0.3 is 0 Å². The van der Waals surface area contributed by atoms with E-state index in [9.17, 15) is 0 Å². The van der Waals surface area contributed by atoms with Crippen molar-refractivity contribution in [2.24, 2.45) is 10.9 Å². The highest BCUT2D eigenvalue weighted by atomic mass is 32.1. The normalized spacial score (nSPS) is 12.1.